The van der Waals surface area contributed by atoms with Crippen LogP contribution >= 0.6 is 0 Å². The van der Waals surface area contributed by atoms with Gasteiger partial charge in [0, 0.05) is 6.42 Å². The number of nitrogens with two attached hydrogens (primary N) is 3. The summed E-state index contributed by atoms with van der Waals surface area (Å²) in [7, 11) is 0. The van der Waals surface area contributed by atoms with Crippen LogP contribution < -0.4 is 17.2 Å². The molecule has 0 heterocycles. The second kappa shape index (κ2) is 16.8. The van der Waals surface area contributed by atoms with E-state index < -0.39 is 0 Å². The molecule has 6 N–H and O–H groups in total. The van der Waals surface area contributed by atoms with Gasteiger partial charge in [0.05, 0.1) is 12.2 Å². The second-order valence-electron chi connectivity index (χ2n) is 3.92. The molecule has 0 unspecified atom stereocenters. The van der Waals surface area contributed by atoms with E-state index in [1.807, 2.05) is 0 Å². The smallest absolute Gasteiger partial charge is 0.0621 e. The first-order valence-electron chi connectivity index (χ1n) is 6.27. The van der Waals surface area contributed by atoms with E-state index in [0.29, 0.717) is 6.42 Å². The van der Waals surface area contributed by atoms with Gasteiger partial charge in [-0.25, -0.2) is 0 Å². The zero-order valence-corrected chi connectivity index (χ0v) is 10.6. The molecule has 96 valence electrons. The molecule has 0 atom stereocenters. The van der Waals surface area contributed by atoms with Crippen LogP contribution in [0.15, 0.2) is 0 Å². The van der Waals surface area contributed by atoms with Crippen LogP contribution in [0, 0.1) is 11.3 Å². The largest absolute Gasteiger partial charge is 0.330 e. The number of hydrogen-bond acceptors (Lipinski definition) is 4. The Morgan fingerprint density at radius 1 is 1.06 bits per heavy atom. The van der Waals surface area contributed by atoms with Gasteiger partial charge in [-0.05, 0) is 25.8 Å². The van der Waals surface area contributed by atoms with E-state index in [9.17, 15) is 0 Å². The molecule has 4 heteroatoms. The van der Waals surface area contributed by atoms with E-state index in [0.717, 1.165) is 32.2 Å². The Balaban J connectivity index is 0. The van der Waals surface area contributed by atoms with E-state index >= 15 is 0 Å². The number of hydrogen-bond donors (Lipinski definition) is 3. The van der Waals surface area contributed by atoms with Crippen molar-refractivity contribution in [3.63, 3.8) is 0 Å². The van der Waals surface area contributed by atoms with Crippen LogP contribution in [-0.2, 0) is 0 Å². The molecule has 0 aliphatic carbocycles. The van der Waals surface area contributed by atoms with Crippen LogP contribution in [0.3, 0.4) is 0 Å². The molecular weight excluding hydrogens is 200 g/mol. The number of nitrogens with zero attached hydrogens (tertiary/aromatic N) is 1. The Bertz CT molecular complexity index is 152. The first-order valence-corrected chi connectivity index (χ1v) is 6.27. The van der Waals surface area contributed by atoms with Gasteiger partial charge >= 0.3 is 0 Å². The standard InChI is InChI=1S/C6H16N2.C6H12N2/c1-2-3-4-5-6(7)8;7-5-3-1-2-4-6-8/h6H,2-5,7-8H2,1H3;1-5,7H2. The molecule has 0 radical (unpaired) electrons. The topological polar surface area (TPSA) is 102 Å². The second-order valence-corrected chi connectivity index (χ2v) is 3.92. The van der Waals surface area contributed by atoms with Gasteiger partial charge in [0.2, 0.25) is 0 Å². The van der Waals surface area contributed by atoms with Crippen LogP contribution in [0.4, 0.5) is 0 Å². The molecule has 0 aromatic carbocycles. The highest BCUT2D eigenvalue weighted by Gasteiger charge is 1.90. The number of unbranched alkanes of at least 4 members (excludes halogenated alkanes) is 5. The first-order chi connectivity index (χ1) is 7.68. The maximum Gasteiger partial charge on any atom is 0.0621 e. The van der Waals surface area contributed by atoms with E-state index in [4.69, 9.17) is 22.5 Å². The Hall–Kier alpha value is -0.630. The molecular formula is C12H28N4. The summed E-state index contributed by atoms with van der Waals surface area (Å²) in [4.78, 5) is 0. The molecule has 0 aliphatic rings. The number of rotatable bonds is 8. The molecule has 4 nitrogen and oxygen atoms in total. The minimum absolute atomic E-state index is 0.0958. The van der Waals surface area contributed by atoms with Gasteiger partial charge in [-0.3, -0.25) is 0 Å². The fourth-order valence-corrected chi connectivity index (χ4v) is 1.16. The van der Waals surface area contributed by atoms with Crippen molar-refractivity contribution in [2.24, 2.45) is 17.2 Å². The summed E-state index contributed by atoms with van der Waals surface area (Å²) in [6.07, 6.45) is 8.39. The van der Waals surface area contributed by atoms with Gasteiger partial charge < -0.3 is 17.2 Å². The third-order valence-corrected chi connectivity index (χ3v) is 2.13. The predicted octanol–water partition coefficient (Wildman–Crippen LogP) is 1.84. The van der Waals surface area contributed by atoms with Gasteiger partial charge in [-0.15, -0.1) is 0 Å². The molecule has 0 fully saturated rings. The van der Waals surface area contributed by atoms with Crippen LogP contribution in [0.25, 0.3) is 0 Å². The van der Waals surface area contributed by atoms with Gasteiger partial charge in [0.25, 0.3) is 0 Å². The predicted molar refractivity (Wildman–Crippen MR) is 69.4 cm³/mol. The Labute approximate surface area is 100 Å². The summed E-state index contributed by atoms with van der Waals surface area (Å²) in [6, 6.07) is 2.09. The highest BCUT2D eigenvalue weighted by atomic mass is 14.8. The van der Waals surface area contributed by atoms with Gasteiger partial charge in [-0.2, -0.15) is 5.26 Å². The average molecular weight is 228 g/mol. The zero-order valence-electron chi connectivity index (χ0n) is 10.6. The van der Waals surface area contributed by atoms with Gasteiger partial charge in [0.1, 0.15) is 0 Å². The third kappa shape index (κ3) is 23.3. The average Bonchev–Trinajstić information content (AvgIpc) is 2.25. The van der Waals surface area contributed by atoms with Crippen molar-refractivity contribution in [1.29, 1.82) is 5.26 Å². The normalized spacial score (nSPS) is 9.50. The van der Waals surface area contributed by atoms with E-state index in [2.05, 4.69) is 13.0 Å². The van der Waals surface area contributed by atoms with E-state index in [1.54, 1.807) is 0 Å². The molecule has 0 spiro atoms. The van der Waals surface area contributed by atoms with Crippen molar-refractivity contribution in [3.8, 4) is 6.07 Å². The molecule has 0 aromatic rings. The summed E-state index contributed by atoms with van der Waals surface area (Å²) in [5.74, 6) is 0. The van der Waals surface area contributed by atoms with Crippen molar-refractivity contribution >= 4 is 0 Å². The van der Waals surface area contributed by atoms with Gasteiger partial charge in [-0.1, -0.05) is 32.6 Å². The quantitative estimate of drug-likeness (QED) is 0.435. The van der Waals surface area contributed by atoms with Crippen molar-refractivity contribution in [1.82, 2.24) is 0 Å². The maximum atomic E-state index is 8.08. The Morgan fingerprint density at radius 2 is 1.75 bits per heavy atom. The van der Waals surface area contributed by atoms with Crippen LogP contribution in [0.2, 0.25) is 0 Å². The molecule has 0 amide bonds. The molecule has 0 saturated carbocycles. The van der Waals surface area contributed by atoms with Crippen LogP contribution in [-0.4, -0.2) is 12.7 Å². The summed E-state index contributed by atoms with van der Waals surface area (Å²) < 4.78 is 0. The number of nitriles is 1. The lowest BCUT2D eigenvalue weighted by atomic mass is 10.2. The highest BCUT2D eigenvalue weighted by molar-refractivity contribution is 4.67. The fourth-order valence-electron chi connectivity index (χ4n) is 1.16. The molecule has 16 heavy (non-hydrogen) atoms. The van der Waals surface area contributed by atoms with Crippen molar-refractivity contribution < 1.29 is 0 Å². The summed E-state index contributed by atoms with van der Waals surface area (Å²) in [6.45, 7) is 2.92. The van der Waals surface area contributed by atoms with E-state index in [-0.39, 0.29) is 6.17 Å². The van der Waals surface area contributed by atoms with Gasteiger partial charge in [0.15, 0.2) is 0 Å². The highest BCUT2D eigenvalue weighted by Crippen LogP contribution is 1.97. The zero-order chi connectivity index (χ0) is 12.6. The monoisotopic (exact) mass is 228 g/mol. The summed E-state index contributed by atoms with van der Waals surface area (Å²) in [5.41, 5.74) is 15.8. The molecule has 0 saturated heterocycles. The molecule has 0 aliphatic heterocycles. The van der Waals surface area contributed by atoms with Crippen LogP contribution in [0.5, 0.6) is 0 Å². The SMILES string of the molecule is CCCCCC(N)N.N#CCCCCCN. The first kappa shape index (κ1) is 17.8. The maximum absolute atomic E-state index is 8.08. The van der Waals surface area contributed by atoms with Crippen molar-refractivity contribution in [2.75, 3.05) is 6.54 Å². The molecule has 0 bridgehead atoms. The third-order valence-electron chi connectivity index (χ3n) is 2.13. The summed E-state index contributed by atoms with van der Waals surface area (Å²) in [5, 5.41) is 8.08. The van der Waals surface area contributed by atoms with Crippen LogP contribution in [0.1, 0.15) is 58.3 Å². The Kier molecular flexibility index (Phi) is 18.6. The minimum atomic E-state index is -0.0958. The lowest BCUT2D eigenvalue weighted by molar-refractivity contribution is 0.575. The summed E-state index contributed by atoms with van der Waals surface area (Å²) >= 11 is 0. The minimum Gasteiger partial charge on any atom is -0.330 e. The molecule has 0 aromatic heterocycles. The van der Waals surface area contributed by atoms with E-state index in [1.165, 1.54) is 19.3 Å². The molecule has 0 rings (SSSR count). The lowest BCUT2D eigenvalue weighted by Gasteiger charge is -2.01. The lowest BCUT2D eigenvalue weighted by Crippen LogP contribution is -2.29. The van der Waals surface area contributed by atoms with Crippen molar-refractivity contribution in [3.05, 3.63) is 0 Å². The van der Waals surface area contributed by atoms with Crippen molar-refractivity contribution in [2.45, 2.75) is 64.5 Å². The Morgan fingerprint density at radius 3 is 2.19 bits per heavy atom. The fraction of sp³-hybridized carbons (Fsp3) is 0.917.